The number of hydrogen-bond acceptors (Lipinski definition) is 2. The fourth-order valence-electron chi connectivity index (χ4n) is 1.16. The Morgan fingerprint density at radius 2 is 2.07 bits per heavy atom. The number of carbonyl (C=O) groups is 1. The summed E-state index contributed by atoms with van der Waals surface area (Å²) in [6.07, 6.45) is 0. The molecule has 1 aromatic rings. The molecule has 1 aromatic carbocycles. The fraction of sp³-hybridized carbons (Fsp3) is 0.308. The molecule has 0 saturated carbocycles. The molecule has 80 valence electrons. The Morgan fingerprint density at radius 1 is 1.40 bits per heavy atom. The minimum absolute atomic E-state index is 0.0431. The van der Waals surface area contributed by atoms with Crippen LogP contribution in [0.1, 0.15) is 30.4 Å². The molecule has 0 saturated heterocycles. The molecule has 0 spiro atoms. The highest BCUT2D eigenvalue weighted by atomic mass is 16.5. The molecule has 0 N–H and O–H groups in total. The highest BCUT2D eigenvalue weighted by Crippen LogP contribution is 2.18. The molecule has 2 nitrogen and oxygen atoms in total. The molecule has 0 aliphatic heterocycles. The minimum atomic E-state index is -2.35. The number of rotatable bonds is 3. The summed E-state index contributed by atoms with van der Waals surface area (Å²) in [5, 5.41) is 0. The van der Waals surface area contributed by atoms with Gasteiger partial charge >= 0.3 is 5.97 Å². The van der Waals surface area contributed by atoms with Gasteiger partial charge in [-0.15, -0.1) is 0 Å². The highest BCUT2D eigenvalue weighted by Gasteiger charge is 2.09. The zero-order valence-corrected chi connectivity index (χ0v) is 8.91. The Bertz CT molecular complexity index is 447. The second-order valence-electron chi connectivity index (χ2n) is 3.09. The van der Waals surface area contributed by atoms with E-state index < -0.39 is 12.8 Å². The van der Waals surface area contributed by atoms with E-state index in [1.165, 1.54) is 6.92 Å². The maximum atomic E-state index is 11.7. The van der Waals surface area contributed by atoms with Crippen molar-refractivity contribution in [2.45, 2.75) is 20.7 Å². The molecule has 0 aromatic heterocycles. The van der Waals surface area contributed by atoms with Crippen molar-refractivity contribution in [2.24, 2.45) is 0 Å². The summed E-state index contributed by atoms with van der Waals surface area (Å²) in [5.74, 6) is -0.590. The van der Waals surface area contributed by atoms with Crippen LogP contribution in [0, 0.1) is 0 Å². The van der Waals surface area contributed by atoms with Gasteiger partial charge in [0, 0.05) is 9.69 Å². The van der Waals surface area contributed by atoms with Crippen LogP contribution in [0.4, 0.5) is 0 Å². The quantitative estimate of drug-likeness (QED) is 0.562. The lowest BCUT2D eigenvalue weighted by molar-refractivity contribution is -0.138. The normalized spacial score (nSPS) is 15.7. The lowest BCUT2D eigenvalue weighted by atomic mass is 10.0. The summed E-state index contributed by atoms with van der Waals surface area (Å²) in [6.45, 7) is 1.03. The molecule has 0 heterocycles. The van der Waals surface area contributed by atoms with Gasteiger partial charge in [0.05, 0.1) is 6.61 Å². The van der Waals surface area contributed by atoms with E-state index >= 15 is 0 Å². The first-order valence-corrected chi connectivity index (χ1v) is 4.81. The summed E-state index contributed by atoms with van der Waals surface area (Å²) in [7, 11) is 0. The molecule has 0 bridgehead atoms. The van der Waals surface area contributed by atoms with Crippen molar-refractivity contribution in [2.75, 3.05) is 6.61 Å². The first-order valence-electron chi connectivity index (χ1n) is 6.31. The molecule has 0 aliphatic rings. The second-order valence-corrected chi connectivity index (χ2v) is 3.09. The molecule has 0 radical (unpaired) electrons. The van der Waals surface area contributed by atoms with Gasteiger partial charge in [0.2, 0.25) is 0 Å². The van der Waals surface area contributed by atoms with Crippen molar-refractivity contribution in [3.63, 3.8) is 0 Å². The summed E-state index contributed by atoms with van der Waals surface area (Å²) >= 11 is 0. The van der Waals surface area contributed by atoms with Crippen molar-refractivity contribution in [1.29, 1.82) is 0 Å². The summed E-state index contributed by atoms with van der Waals surface area (Å²) in [6, 6.07) is 8.61. The number of hydrogen-bond donors (Lipinski definition) is 0. The Hall–Kier alpha value is -1.57. The molecule has 0 amide bonds. The van der Waals surface area contributed by atoms with Crippen LogP contribution in [-0.2, 0) is 9.53 Å². The molecule has 0 fully saturated rings. The van der Waals surface area contributed by atoms with Crippen LogP contribution in [0.5, 0.6) is 0 Å². The zero-order chi connectivity index (χ0) is 13.8. The van der Waals surface area contributed by atoms with Gasteiger partial charge in [-0.25, -0.2) is 4.79 Å². The first kappa shape index (κ1) is 7.69. The molecular formula is C13H16O2. The Labute approximate surface area is 94.8 Å². The van der Waals surface area contributed by atoms with Gasteiger partial charge in [0.1, 0.15) is 0 Å². The van der Waals surface area contributed by atoms with E-state index in [1.807, 2.05) is 0 Å². The molecule has 0 unspecified atom stereocenters. The third-order valence-corrected chi connectivity index (χ3v) is 2.02. The van der Waals surface area contributed by atoms with Crippen LogP contribution in [0.25, 0.3) is 5.57 Å². The molecular weight excluding hydrogens is 188 g/mol. The Kier molecular flexibility index (Phi) is 2.74. The number of carbonyl (C=O) groups excluding carboxylic acids is 1. The van der Waals surface area contributed by atoms with E-state index in [4.69, 9.17) is 8.85 Å². The number of benzene rings is 1. The number of esters is 1. The van der Waals surface area contributed by atoms with Crippen LogP contribution in [0.15, 0.2) is 35.9 Å². The summed E-state index contributed by atoms with van der Waals surface area (Å²) in [5.41, 5.74) is 0.688. The van der Waals surface area contributed by atoms with Crippen LogP contribution < -0.4 is 0 Å². The van der Waals surface area contributed by atoms with Gasteiger partial charge in [0.15, 0.2) is 0 Å². The van der Waals surface area contributed by atoms with E-state index in [9.17, 15) is 4.79 Å². The second kappa shape index (κ2) is 5.35. The summed E-state index contributed by atoms with van der Waals surface area (Å²) in [4.78, 5) is 11.7. The van der Waals surface area contributed by atoms with Gasteiger partial charge < -0.3 is 4.74 Å². The molecule has 0 aliphatic carbocycles. The van der Waals surface area contributed by atoms with Gasteiger partial charge in [0.25, 0.3) is 0 Å². The predicted octanol–water partition coefficient (Wildman–Crippen LogP) is 3.04. The van der Waals surface area contributed by atoms with Crippen LogP contribution in [0.2, 0.25) is 0 Å². The topological polar surface area (TPSA) is 26.3 Å². The van der Waals surface area contributed by atoms with E-state index in [0.717, 1.165) is 0 Å². The Balaban J connectivity index is 3.31. The first-order chi connectivity index (χ1) is 8.38. The molecule has 15 heavy (non-hydrogen) atoms. The van der Waals surface area contributed by atoms with Gasteiger partial charge in [-0.2, -0.15) is 0 Å². The maximum Gasteiger partial charge on any atom is 0.333 e. The van der Waals surface area contributed by atoms with Crippen molar-refractivity contribution >= 4 is 11.5 Å². The van der Waals surface area contributed by atoms with Crippen molar-refractivity contribution in [3.05, 3.63) is 41.5 Å². The number of allylic oxidation sites excluding steroid dienone is 1. The third-order valence-electron chi connectivity index (χ3n) is 2.02. The van der Waals surface area contributed by atoms with E-state index in [-0.39, 0.29) is 17.8 Å². The molecule has 1 rings (SSSR count). The van der Waals surface area contributed by atoms with E-state index in [2.05, 4.69) is 0 Å². The highest BCUT2D eigenvalue weighted by molar-refractivity contribution is 5.96. The van der Waals surface area contributed by atoms with Crippen molar-refractivity contribution in [1.82, 2.24) is 0 Å². The predicted molar refractivity (Wildman–Crippen MR) is 61.3 cm³/mol. The maximum absolute atomic E-state index is 11.7. The van der Waals surface area contributed by atoms with E-state index in [0.29, 0.717) is 5.56 Å². The smallest absolute Gasteiger partial charge is 0.333 e. The number of ether oxygens (including phenoxy) is 1. The van der Waals surface area contributed by atoms with Gasteiger partial charge in [-0.3, -0.25) is 0 Å². The monoisotopic (exact) mass is 207 g/mol. The molecule has 2 heteroatoms. The van der Waals surface area contributed by atoms with Crippen molar-refractivity contribution < 1.29 is 13.6 Å². The SMILES string of the molecule is [2H]C([2H])([2H])/C(=C(/C)C(=O)OCC)c1ccccc1. The lowest BCUT2D eigenvalue weighted by Gasteiger charge is -2.07. The van der Waals surface area contributed by atoms with Crippen LogP contribution in [-0.4, -0.2) is 12.6 Å². The fourth-order valence-corrected chi connectivity index (χ4v) is 1.16. The average molecular weight is 207 g/mol. The largest absolute Gasteiger partial charge is 0.463 e. The Morgan fingerprint density at radius 3 is 2.60 bits per heavy atom. The van der Waals surface area contributed by atoms with Gasteiger partial charge in [-0.1, -0.05) is 30.3 Å². The van der Waals surface area contributed by atoms with Gasteiger partial charge in [-0.05, 0) is 31.8 Å². The third kappa shape index (κ3) is 2.94. The summed E-state index contributed by atoms with van der Waals surface area (Å²) < 4.78 is 27.5. The van der Waals surface area contributed by atoms with Crippen LogP contribution in [0.3, 0.4) is 0 Å². The lowest BCUT2D eigenvalue weighted by Crippen LogP contribution is -2.06. The standard InChI is InChI=1S/C13H16O2/c1-4-15-13(14)11(3)10(2)12-8-6-5-7-9-12/h5-9H,4H2,1-3H3/b11-10+/i2D3. The average Bonchev–Trinajstić information content (AvgIpc) is 2.29. The van der Waals surface area contributed by atoms with E-state index in [1.54, 1.807) is 37.3 Å². The minimum Gasteiger partial charge on any atom is -0.463 e. The van der Waals surface area contributed by atoms with Crippen molar-refractivity contribution in [3.8, 4) is 0 Å². The van der Waals surface area contributed by atoms with Crippen LogP contribution >= 0.6 is 0 Å². The zero-order valence-electron chi connectivity index (χ0n) is 11.9. The molecule has 0 atom stereocenters.